The molecule has 0 atom stereocenters. The van der Waals surface area contributed by atoms with Crippen molar-refractivity contribution >= 4 is 17.9 Å². The molecule has 0 saturated carbocycles. The van der Waals surface area contributed by atoms with E-state index >= 15 is 0 Å². The predicted molar refractivity (Wildman–Crippen MR) is 80.2 cm³/mol. The molecule has 1 fully saturated rings. The average molecular weight is 281 g/mol. The van der Waals surface area contributed by atoms with Gasteiger partial charge in [-0.25, -0.2) is 4.79 Å². The molecule has 0 aromatic heterocycles. The largest absolute Gasteiger partial charge is 0.444 e. The SMILES string of the molecule is CC(C)(C)OC(=O)N1CCC(C=C2C=CSC2)CC1. The van der Waals surface area contributed by atoms with E-state index in [2.05, 4.69) is 17.6 Å². The summed E-state index contributed by atoms with van der Waals surface area (Å²) in [6, 6.07) is 0. The molecule has 19 heavy (non-hydrogen) atoms. The van der Waals surface area contributed by atoms with E-state index in [0.29, 0.717) is 5.92 Å². The van der Waals surface area contributed by atoms with Gasteiger partial charge in [0.25, 0.3) is 0 Å². The summed E-state index contributed by atoms with van der Waals surface area (Å²) in [4.78, 5) is 13.8. The molecular weight excluding hydrogens is 258 g/mol. The van der Waals surface area contributed by atoms with E-state index in [9.17, 15) is 4.79 Å². The fourth-order valence-corrected chi connectivity index (χ4v) is 3.06. The van der Waals surface area contributed by atoms with E-state index < -0.39 is 5.60 Å². The fraction of sp³-hybridized carbons (Fsp3) is 0.667. The van der Waals surface area contributed by atoms with Crippen molar-refractivity contribution in [2.45, 2.75) is 39.2 Å². The lowest BCUT2D eigenvalue weighted by Crippen LogP contribution is -2.41. The Morgan fingerprint density at radius 1 is 1.42 bits per heavy atom. The maximum Gasteiger partial charge on any atom is 0.410 e. The summed E-state index contributed by atoms with van der Waals surface area (Å²) >= 11 is 1.85. The molecule has 3 nitrogen and oxygen atoms in total. The van der Waals surface area contributed by atoms with Gasteiger partial charge in [0, 0.05) is 18.8 Å². The van der Waals surface area contributed by atoms with Crippen LogP contribution in [0.25, 0.3) is 0 Å². The van der Waals surface area contributed by atoms with Crippen molar-refractivity contribution in [3.05, 3.63) is 23.1 Å². The Morgan fingerprint density at radius 3 is 2.63 bits per heavy atom. The van der Waals surface area contributed by atoms with Crippen molar-refractivity contribution < 1.29 is 9.53 Å². The number of rotatable bonds is 1. The molecule has 2 aliphatic heterocycles. The normalized spacial score (nSPS) is 23.1. The number of nitrogens with zero attached hydrogens (tertiary/aromatic N) is 1. The lowest BCUT2D eigenvalue weighted by molar-refractivity contribution is 0.0197. The van der Waals surface area contributed by atoms with Crippen LogP contribution in [0.2, 0.25) is 0 Å². The van der Waals surface area contributed by atoms with Crippen LogP contribution >= 0.6 is 11.8 Å². The van der Waals surface area contributed by atoms with E-state index in [4.69, 9.17) is 4.74 Å². The Morgan fingerprint density at radius 2 is 2.11 bits per heavy atom. The molecule has 2 rings (SSSR count). The molecule has 0 bridgehead atoms. The Balaban J connectivity index is 1.80. The van der Waals surface area contributed by atoms with Gasteiger partial charge in [0.1, 0.15) is 5.60 Å². The minimum Gasteiger partial charge on any atom is -0.444 e. The molecule has 2 aliphatic rings. The summed E-state index contributed by atoms with van der Waals surface area (Å²) in [5, 5.41) is 2.15. The number of ether oxygens (including phenoxy) is 1. The molecular formula is C15H23NO2S. The zero-order valence-electron chi connectivity index (χ0n) is 12.0. The Bertz CT molecular complexity index is 387. The van der Waals surface area contributed by atoms with Crippen LogP contribution in [0.4, 0.5) is 4.79 Å². The van der Waals surface area contributed by atoms with Crippen LogP contribution in [0.3, 0.4) is 0 Å². The van der Waals surface area contributed by atoms with Crippen LogP contribution in [-0.4, -0.2) is 35.4 Å². The van der Waals surface area contributed by atoms with Gasteiger partial charge >= 0.3 is 6.09 Å². The molecule has 0 N–H and O–H groups in total. The fourth-order valence-electron chi connectivity index (χ4n) is 2.31. The maximum absolute atomic E-state index is 11.9. The standard InChI is InChI=1S/C15H23NO2S/c1-15(2,3)18-14(17)16-7-4-12(5-8-16)10-13-6-9-19-11-13/h6,9-10,12H,4-5,7-8,11H2,1-3H3. The first-order valence-corrected chi connectivity index (χ1v) is 7.96. The Hall–Kier alpha value is -0.900. The third-order valence-corrected chi connectivity index (χ3v) is 4.10. The van der Waals surface area contributed by atoms with Crippen LogP contribution in [0.15, 0.2) is 23.1 Å². The van der Waals surface area contributed by atoms with Crippen molar-refractivity contribution in [1.29, 1.82) is 0 Å². The van der Waals surface area contributed by atoms with E-state index in [0.717, 1.165) is 31.7 Å². The first-order chi connectivity index (χ1) is 8.94. The second kappa shape index (κ2) is 6.04. The molecule has 0 aromatic carbocycles. The van der Waals surface area contributed by atoms with Gasteiger partial charge in [-0.1, -0.05) is 12.2 Å². The summed E-state index contributed by atoms with van der Waals surface area (Å²) in [5.41, 5.74) is 1.03. The summed E-state index contributed by atoms with van der Waals surface area (Å²) in [5.74, 6) is 1.71. The van der Waals surface area contributed by atoms with E-state index in [-0.39, 0.29) is 6.09 Å². The number of allylic oxidation sites excluding steroid dienone is 2. The van der Waals surface area contributed by atoms with Gasteiger partial charge in [-0.2, -0.15) is 0 Å². The zero-order valence-corrected chi connectivity index (χ0v) is 12.8. The van der Waals surface area contributed by atoms with Crippen molar-refractivity contribution in [3.63, 3.8) is 0 Å². The van der Waals surface area contributed by atoms with Crippen LogP contribution in [0, 0.1) is 5.92 Å². The second-order valence-electron chi connectivity index (χ2n) is 6.16. The maximum atomic E-state index is 11.9. The van der Waals surface area contributed by atoms with Crippen molar-refractivity contribution in [1.82, 2.24) is 4.90 Å². The van der Waals surface area contributed by atoms with E-state index in [1.807, 2.05) is 37.4 Å². The van der Waals surface area contributed by atoms with Crippen LogP contribution in [-0.2, 0) is 4.74 Å². The highest BCUT2D eigenvalue weighted by Crippen LogP contribution is 2.26. The number of hydrogen-bond acceptors (Lipinski definition) is 3. The highest BCUT2D eigenvalue weighted by Gasteiger charge is 2.26. The highest BCUT2D eigenvalue weighted by molar-refractivity contribution is 8.02. The summed E-state index contributed by atoms with van der Waals surface area (Å²) in [7, 11) is 0. The van der Waals surface area contributed by atoms with Crippen molar-refractivity contribution in [2.24, 2.45) is 5.92 Å². The van der Waals surface area contributed by atoms with Gasteiger partial charge in [-0.05, 0) is 50.5 Å². The number of likely N-dealkylation sites (tertiary alicyclic amines) is 1. The lowest BCUT2D eigenvalue weighted by Gasteiger charge is -2.32. The molecule has 106 valence electrons. The number of piperidine rings is 1. The topological polar surface area (TPSA) is 29.5 Å². The molecule has 1 saturated heterocycles. The molecule has 0 spiro atoms. The van der Waals surface area contributed by atoms with Gasteiger partial charge in [0.15, 0.2) is 0 Å². The molecule has 2 heterocycles. The molecule has 4 heteroatoms. The average Bonchev–Trinajstić information content (AvgIpc) is 2.80. The third-order valence-electron chi connectivity index (χ3n) is 3.27. The quantitative estimate of drug-likeness (QED) is 0.732. The van der Waals surface area contributed by atoms with Gasteiger partial charge in [-0.15, -0.1) is 11.8 Å². The van der Waals surface area contributed by atoms with E-state index in [1.54, 1.807) is 0 Å². The zero-order chi connectivity index (χ0) is 13.9. The second-order valence-corrected chi connectivity index (χ2v) is 7.05. The van der Waals surface area contributed by atoms with Crippen LogP contribution < -0.4 is 0 Å². The Kier molecular flexibility index (Phi) is 4.61. The van der Waals surface area contributed by atoms with Crippen molar-refractivity contribution in [3.8, 4) is 0 Å². The van der Waals surface area contributed by atoms with Crippen LogP contribution in [0.1, 0.15) is 33.6 Å². The third kappa shape index (κ3) is 4.60. The Labute approximate surface area is 120 Å². The molecule has 0 aromatic rings. The number of amides is 1. The first-order valence-electron chi connectivity index (χ1n) is 6.91. The van der Waals surface area contributed by atoms with Crippen LogP contribution in [0.5, 0.6) is 0 Å². The molecule has 0 unspecified atom stereocenters. The minimum absolute atomic E-state index is 0.171. The number of carbonyl (C=O) groups is 1. The monoisotopic (exact) mass is 281 g/mol. The van der Waals surface area contributed by atoms with Gasteiger partial charge in [0.2, 0.25) is 0 Å². The van der Waals surface area contributed by atoms with Gasteiger partial charge in [0.05, 0.1) is 0 Å². The smallest absolute Gasteiger partial charge is 0.410 e. The van der Waals surface area contributed by atoms with Gasteiger partial charge < -0.3 is 9.64 Å². The number of hydrogen-bond donors (Lipinski definition) is 0. The molecule has 1 amide bonds. The summed E-state index contributed by atoms with van der Waals surface area (Å²) < 4.78 is 5.40. The summed E-state index contributed by atoms with van der Waals surface area (Å²) in [6.07, 6.45) is 6.49. The first kappa shape index (κ1) is 14.5. The van der Waals surface area contributed by atoms with Gasteiger partial charge in [-0.3, -0.25) is 0 Å². The molecule has 0 aliphatic carbocycles. The number of carbonyl (C=O) groups excluding carboxylic acids is 1. The highest BCUT2D eigenvalue weighted by atomic mass is 32.2. The predicted octanol–water partition coefficient (Wildman–Crippen LogP) is 3.82. The lowest BCUT2D eigenvalue weighted by atomic mass is 9.95. The van der Waals surface area contributed by atoms with E-state index in [1.165, 1.54) is 5.57 Å². The summed E-state index contributed by atoms with van der Waals surface area (Å²) in [6.45, 7) is 7.34. The van der Waals surface area contributed by atoms with Crippen molar-refractivity contribution in [2.75, 3.05) is 18.8 Å². The minimum atomic E-state index is -0.401. The number of thioether (sulfide) groups is 1. The molecule has 0 radical (unpaired) electrons.